The SMILES string of the molecule is CC(C)OC(=O)c1cccc(OC(=O)c2ccccc2OC(C)C)c1. The summed E-state index contributed by atoms with van der Waals surface area (Å²) in [5, 5.41) is 0. The van der Waals surface area contributed by atoms with Crippen molar-refractivity contribution >= 4 is 11.9 Å². The van der Waals surface area contributed by atoms with Crippen LogP contribution in [0.15, 0.2) is 48.5 Å². The Morgan fingerprint density at radius 2 is 1.56 bits per heavy atom. The maximum atomic E-state index is 12.5. The van der Waals surface area contributed by atoms with Crippen molar-refractivity contribution in [2.24, 2.45) is 0 Å². The Morgan fingerprint density at radius 1 is 0.840 bits per heavy atom. The van der Waals surface area contributed by atoms with Crippen molar-refractivity contribution in [2.75, 3.05) is 0 Å². The monoisotopic (exact) mass is 342 g/mol. The van der Waals surface area contributed by atoms with Crippen LogP contribution in [0.5, 0.6) is 11.5 Å². The molecule has 0 N–H and O–H groups in total. The van der Waals surface area contributed by atoms with Gasteiger partial charge in [0.25, 0.3) is 0 Å². The first kappa shape index (κ1) is 18.5. The average Bonchev–Trinajstić information content (AvgIpc) is 2.54. The minimum atomic E-state index is -0.550. The van der Waals surface area contributed by atoms with Crippen LogP contribution in [0.1, 0.15) is 48.4 Å². The Labute approximate surface area is 147 Å². The van der Waals surface area contributed by atoms with Gasteiger partial charge in [-0.05, 0) is 58.0 Å². The Balaban J connectivity index is 2.17. The lowest BCUT2D eigenvalue weighted by Crippen LogP contribution is -2.14. The molecule has 0 spiro atoms. The van der Waals surface area contributed by atoms with Crippen LogP contribution in [-0.4, -0.2) is 24.1 Å². The lowest BCUT2D eigenvalue weighted by atomic mass is 10.2. The maximum absolute atomic E-state index is 12.5. The molecule has 2 aromatic carbocycles. The van der Waals surface area contributed by atoms with Crippen molar-refractivity contribution in [1.29, 1.82) is 0 Å². The highest BCUT2D eigenvalue weighted by Crippen LogP contribution is 2.22. The molecule has 25 heavy (non-hydrogen) atoms. The van der Waals surface area contributed by atoms with Crippen LogP contribution >= 0.6 is 0 Å². The highest BCUT2D eigenvalue weighted by molar-refractivity contribution is 5.94. The number of esters is 2. The fourth-order valence-corrected chi connectivity index (χ4v) is 2.12. The molecule has 2 rings (SSSR count). The molecular weight excluding hydrogens is 320 g/mol. The molecule has 0 saturated carbocycles. The van der Waals surface area contributed by atoms with Crippen molar-refractivity contribution in [1.82, 2.24) is 0 Å². The first-order valence-corrected chi connectivity index (χ1v) is 8.15. The molecule has 2 aromatic rings. The lowest BCUT2D eigenvalue weighted by Gasteiger charge is -2.13. The number of benzene rings is 2. The largest absolute Gasteiger partial charge is 0.490 e. The van der Waals surface area contributed by atoms with Gasteiger partial charge in [0, 0.05) is 0 Å². The first-order chi connectivity index (χ1) is 11.9. The van der Waals surface area contributed by atoms with E-state index in [1.54, 1.807) is 56.3 Å². The molecule has 0 saturated heterocycles. The molecule has 0 aromatic heterocycles. The third kappa shape index (κ3) is 5.35. The average molecular weight is 342 g/mol. The topological polar surface area (TPSA) is 61.8 Å². The van der Waals surface area contributed by atoms with Gasteiger partial charge in [-0.15, -0.1) is 0 Å². The van der Waals surface area contributed by atoms with E-state index in [0.29, 0.717) is 16.9 Å². The quantitative estimate of drug-likeness (QED) is 0.580. The number of para-hydroxylation sites is 1. The van der Waals surface area contributed by atoms with Crippen molar-refractivity contribution < 1.29 is 23.8 Å². The number of hydrogen-bond donors (Lipinski definition) is 0. The van der Waals surface area contributed by atoms with Gasteiger partial charge in [-0.25, -0.2) is 9.59 Å². The first-order valence-electron chi connectivity index (χ1n) is 8.15. The van der Waals surface area contributed by atoms with E-state index in [2.05, 4.69) is 0 Å². The molecule has 0 heterocycles. The van der Waals surface area contributed by atoms with Gasteiger partial charge < -0.3 is 14.2 Å². The molecule has 0 aliphatic rings. The van der Waals surface area contributed by atoms with Crippen molar-refractivity contribution in [2.45, 2.75) is 39.9 Å². The molecule has 0 radical (unpaired) electrons. The van der Waals surface area contributed by atoms with Gasteiger partial charge >= 0.3 is 11.9 Å². The van der Waals surface area contributed by atoms with Gasteiger partial charge in [0.05, 0.1) is 17.8 Å². The third-order valence-corrected chi connectivity index (χ3v) is 3.09. The van der Waals surface area contributed by atoms with Crippen molar-refractivity contribution in [3.63, 3.8) is 0 Å². The predicted molar refractivity (Wildman–Crippen MR) is 94.2 cm³/mol. The van der Waals surface area contributed by atoms with Crippen LogP contribution in [0.2, 0.25) is 0 Å². The highest BCUT2D eigenvalue weighted by Gasteiger charge is 2.17. The van der Waals surface area contributed by atoms with Gasteiger partial charge in [0.1, 0.15) is 17.1 Å². The van der Waals surface area contributed by atoms with E-state index in [9.17, 15) is 9.59 Å². The van der Waals surface area contributed by atoms with E-state index < -0.39 is 11.9 Å². The molecule has 0 bridgehead atoms. The Morgan fingerprint density at radius 3 is 2.24 bits per heavy atom. The standard InChI is InChI=1S/C20H22O5/c1-13(2)23-18-11-6-5-10-17(18)20(22)25-16-9-7-8-15(12-16)19(21)24-14(3)4/h5-14H,1-4H3. The summed E-state index contributed by atoms with van der Waals surface area (Å²) in [5.41, 5.74) is 0.650. The summed E-state index contributed by atoms with van der Waals surface area (Å²) >= 11 is 0. The smallest absolute Gasteiger partial charge is 0.347 e. The van der Waals surface area contributed by atoms with E-state index >= 15 is 0 Å². The van der Waals surface area contributed by atoms with E-state index in [1.165, 1.54) is 6.07 Å². The molecule has 0 aliphatic carbocycles. The van der Waals surface area contributed by atoms with Gasteiger partial charge in [0.15, 0.2) is 0 Å². The van der Waals surface area contributed by atoms with E-state index in [0.717, 1.165) is 0 Å². The molecule has 5 heteroatoms. The maximum Gasteiger partial charge on any atom is 0.347 e. The second-order valence-corrected chi connectivity index (χ2v) is 6.03. The number of carbonyl (C=O) groups excluding carboxylic acids is 2. The van der Waals surface area contributed by atoms with Crippen LogP contribution < -0.4 is 9.47 Å². The number of ether oxygens (including phenoxy) is 3. The zero-order valence-electron chi connectivity index (χ0n) is 14.8. The summed E-state index contributed by atoms with van der Waals surface area (Å²) in [5.74, 6) is -0.289. The summed E-state index contributed by atoms with van der Waals surface area (Å²) in [7, 11) is 0. The summed E-state index contributed by atoms with van der Waals surface area (Å²) in [6.45, 7) is 7.30. The molecule has 0 fully saturated rings. The highest BCUT2D eigenvalue weighted by atomic mass is 16.5. The molecule has 5 nitrogen and oxygen atoms in total. The molecule has 132 valence electrons. The van der Waals surface area contributed by atoms with Crippen LogP contribution in [0, 0.1) is 0 Å². The summed E-state index contributed by atoms with van der Waals surface area (Å²) in [6.07, 6.45) is -0.290. The Hall–Kier alpha value is -2.82. The molecule has 0 atom stereocenters. The zero-order valence-corrected chi connectivity index (χ0v) is 14.8. The van der Waals surface area contributed by atoms with Crippen molar-refractivity contribution in [3.8, 4) is 11.5 Å². The van der Waals surface area contributed by atoms with Crippen LogP contribution in [0.3, 0.4) is 0 Å². The Kier molecular flexibility index (Phi) is 6.17. The fourth-order valence-electron chi connectivity index (χ4n) is 2.12. The van der Waals surface area contributed by atoms with Gasteiger partial charge in [0.2, 0.25) is 0 Å². The number of carbonyl (C=O) groups is 2. The summed E-state index contributed by atoms with van der Waals surface area (Å²) < 4.78 is 16.2. The van der Waals surface area contributed by atoms with Crippen LogP contribution in [-0.2, 0) is 4.74 Å². The van der Waals surface area contributed by atoms with Crippen molar-refractivity contribution in [3.05, 3.63) is 59.7 Å². The number of rotatable bonds is 6. The van der Waals surface area contributed by atoms with Crippen LogP contribution in [0.25, 0.3) is 0 Å². The summed E-state index contributed by atoms with van der Waals surface area (Å²) in [4.78, 5) is 24.4. The second kappa shape index (κ2) is 8.33. The molecule has 0 aliphatic heterocycles. The lowest BCUT2D eigenvalue weighted by molar-refractivity contribution is 0.0376. The van der Waals surface area contributed by atoms with Gasteiger partial charge in [-0.1, -0.05) is 18.2 Å². The minimum Gasteiger partial charge on any atom is -0.490 e. The predicted octanol–water partition coefficient (Wildman–Crippen LogP) is 4.26. The minimum absolute atomic E-state index is 0.0666. The van der Waals surface area contributed by atoms with E-state index in [-0.39, 0.29) is 18.0 Å². The van der Waals surface area contributed by atoms with E-state index in [1.807, 2.05) is 13.8 Å². The molecule has 0 amide bonds. The molecule has 0 unspecified atom stereocenters. The summed E-state index contributed by atoms with van der Waals surface area (Å²) in [6, 6.07) is 13.2. The third-order valence-electron chi connectivity index (χ3n) is 3.09. The second-order valence-electron chi connectivity index (χ2n) is 6.03. The normalized spacial score (nSPS) is 10.6. The van der Waals surface area contributed by atoms with Crippen LogP contribution in [0.4, 0.5) is 0 Å². The Bertz CT molecular complexity index is 749. The molecular formula is C20H22O5. The fraction of sp³-hybridized carbons (Fsp3) is 0.300. The van der Waals surface area contributed by atoms with Gasteiger partial charge in [-0.2, -0.15) is 0 Å². The number of hydrogen-bond acceptors (Lipinski definition) is 5. The van der Waals surface area contributed by atoms with E-state index in [4.69, 9.17) is 14.2 Å². The van der Waals surface area contributed by atoms with Gasteiger partial charge in [-0.3, -0.25) is 0 Å². The zero-order chi connectivity index (χ0) is 18.4.